The van der Waals surface area contributed by atoms with Crippen molar-refractivity contribution < 1.29 is 9.90 Å². The predicted octanol–water partition coefficient (Wildman–Crippen LogP) is 5.66. The van der Waals surface area contributed by atoms with Crippen molar-refractivity contribution in [3.8, 4) is 11.3 Å². The number of rotatable bonds is 2. The lowest BCUT2D eigenvalue weighted by Gasteiger charge is -2.19. The summed E-state index contributed by atoms with van der Waals surface area (Å²) in [7, 11) is 0. The molecule has 0 atom stereocenters. The molecule has 0 bridgehead atoms. The molecule has 1 aromatic heterocycles. The number of carboxylic acid groups (broad SMARTS) is 1. The smallest absolute Gasteiger partial charge is 0.336 e. The maximum absolute atomic E-state index is 11.6. The highest BCUT2D eigenvalue weighted by Crippen LogP contribution is 2.29. The second kappa shape index (κ2) is 6.02. The van der Waals surface area contributed by atoms with E-state index in [0.717, 1.165) is 10.0 Å². The van der Waals surface area contributed by atoms with Crippen LogP contribution in [0.4, 0.5) is 0 Å². The first-order valence-electron chi connectivity index (χ1n) is 7.70. The Morgan fingerprint density at radius 2 is 1.71 bits per heavy atom. The average Bonchev–Trinajstić information content (AvgIpc) is 2.52. The van der Waals surface area contributed by atoms with Crippen LogP contribution in [0.5, 0.6) is 0 Å². The number of pyridine rings is 1. The lowest BCUT2D eigenvalue weighted by molar-refractivity contribution is 0.0699. The van der Waals surface area contributed by atoms with E-state index >= 15 is 0 Å². The van der Waals surface area contributed by atoms with Crippen molar-refractivity contribution in [1.82, 2.24) is 4.98 Å². The van der Waals surface area contributed by atoms with Gasteiger partial charge < -0.3 is 5.11 Å². The highest BCUT2D eigenvalue weighted by Gasteiger charge is 2.15. The molecule has 4 heteroatoms. The zero-order valence-electron chi connectivity index (χ0n) is 13.8. The van der Waals surface area contributed by atoms with Crippen molar-refractivity contribution >= 4 is 32.8 Å². The molecule has 122 valence electrons. The van der Waals surface area contributed by atoms with Crippen LogP contribution in [0.15, 0.2) is 53.0 Å². The van der Waals surface area contributed by atoms with Crippen molar-refractivity contribution in [2.75, 3.05) is 0 Å². The first-order chi connectivity index (χ1) is 11.3. The number of benzene rings is 2. The zero-order chi connectivity index (χ0) is 17.5. The molecule has 0 spiro atoms. The summed E-state index contributed by atoms with van der Waals surface area (Å²) in [5.74, 6) is -0.947. The number of aromatic carboxylic acids is 1. The Morgan fingerprint density at radius 3 is 2.29 bits per heavy atom. The SMILES string of the molecule is CC(C)(C)c1ccc(-c2cc(C(=O)O)c3ccc(Br)cc3n2)cc1. The molecule has 24 heavy (non-hydrogen) atoms. The third-order valence-corrected chi connectivity index (χ3v) is 4.54. The van der Waals surface area contributed by atoms with E-state index in [-0.39, 0.29) is 11.0 Å². The minimum Gasteiger partial charge on any atom is -0.478 e. The third-order valence-electron chi connectivity index (χ3n) is 4.05. The molecule has 0 radical (unpaired) electrons. The molecule has 3 nitrogen and oxygen atoms in total. The molecule has 1 N–H and O–H groups in total. The summed E-state index contributed by atoms with van der Waals surface area (Å²) in [6.45, 7) is 6.49. The molecule has 2 aromatic carbocycles. The van der Waals surface area contributed by atoms with Gasteiger partial charge in [-0.3, -0.25) is 0 Å². The van der Waals surface area contributed by atoms with Gasteiger partial charge in [-0.2, -0.15) is 0 Å². The van der Waals surface area contributed by atoms with Crippen LogP contribution >= 0.6 is 15.9 Å². The van der Waals surface area contributed by atoms with E-state index < -0.39 is 5.97 Å². The Labute approximate surface area is 149 Å². The average molecular weight is 384 g/mol. The molecule has 0 fully saturated rings. The van der Waals surface area contributed by atoms with Crippen molar-refractivity contribution in [3.63, 3.8) is 0 Å². The van der Waals surface area contributed by atoms with Crippen LogP contribution < -0.4 is 0 Å². The van der Waals surface area contributed by atoms with Crippen molar-refractivity contribution in [1.29, 1.82) is 0 Å². The zero-order valence-corrected chi connectivity index (χ0v) is 15.4. The first-order valence-corrected chi connectivity index (χ1v) is 8.49. The summed E-state index contributed by atoms with van der Waals surface area (Å²) in [5, 5.41) is 10.2. The fourth-order valence-electron chi connectivity index (χ4n) is 2.67. The summed E-state index contributed by atoms with van der Waals surface area (Å²) in [6.07, 6.45) is 0. The number of carboxylic acids is 1. The monoisotopic (exact) mass is 383 g/mol. The molecule has 0 aliphatic rings. The summed E-state index contributed by atoms with van der Waals surface area (Å²) in [6, 6.07) is 15.2. The molecule has 3 rings (SSSR count). The van der Waals surface area contributed by atoms with Crippen LogP contribution in [0.1, 0.15) is 36.7 Å². The van der Waals surface area contributed by atoms with Gasteiger partial charge in [0.25, 0.3) is 0 Å². The maximum Gasteiger partial charge on any atom is 0.336 e. The van der Waals surface area contributed by atoms with E-state index in [0.29, 0.717) is 16.6 Å². The summed E-state index contributed by atoms with van der Waals surface area (Å²) in [4.78, 5) is 16.3. The molecule has 0 unspecified atom stereocenters. The first kappa shape index (κ1) is 16.7. The number of hydrogen-bond acceptors (Lipinski definition) is 2. The predicted molar refractivity (Wildman–Crippen MR) is 101 cm³/mol. The van der Waals surface area contributed by atoms with Crippen molar-refractivity contribution in [2.45, 2.75) is 26.2 Å². The Bertz CT molecular complexity index is 925. The number of carbonyl (C=O) groups is 1. The van der Waals surface area contributed by atoms with Crippen molar-refractivity contribution in [2.24, 2.45) is 0 Å². The summed E-state index contributed by atoms with van der Waals surface area (Å²) >= 11 is 3.42. The van der Waals surface area contributed by atoms with E-state index in [1.165, 1.54) is 5.56 Å². The highest BCUT2D eigenvalue weighted by molar-refractivity contribution is 9.10. The minimum absolute atomic E-state index is 0.0758. The lowest BCUT2D eigenvalue weighted by atomic mass is 9.86. The van der Waals surface area contributed by atoms with E-state index in [1.54, 1.807) is 12.1 Å². The number of hydrogen-bond donors (Lipinski definition) is 1. The van der Waals surface area contributed by atoms with Crippen LogP contribution in [0.2, 0.25) is 0 Å². The summed E-state index contributed by atoms with van der Waals surface area (Å²) in [5.41, 5.74) is 3.81. The number of aromatic nitrogens is 1. The largest absolute Gasteiger partial charge is 0.478 e. The van der Waals surface area contributed by atoms with Gasteiger partial charge in [-0.25, -0.2) is 9.78 Å². The van der Waals surface area contributed by atoms with Gasteiger partial charge >= 0.3 is 5.97 Å². The fourth-order valence-corrected chi connectivity index (χ4v) is 3.02. The Morgan fingerprint density at radius 1 is 1.04 bits per heavy atom. The Hall–Kier alpha value is -2.20. The van der Waals surface area contributed by atoms with E-state index in [1.807, 2.05) is 24.3 Å². The maximum atomic E-state index is 11.6. The third kappa shape index (κ3) is 3.20. The van der Waals surface area contributed by atoms with Gasteiger partial charge in [0.2, 0.25) is 0 Å². The van der Waals surface area contributed by atoms with E-state index in [2.05, 4.69) is 53.8 Å². The number of nitrogens with zero attached hydrogens (tertiary/aromatic N) is 1. The van der Waals surface area contributed by atoms with Crippen LogP contribution in [0, 0.1) is 0 Å². The van der Waals surface area contributed by atoms with Gasteiger partial charge in [-0.1, -0.05) is 67.0 Å². The second-order valence-corrected chi connectivity index (χ2v) is 7.76. The Kier molecular flexibility index (Phi) is 4.18. The number of fused-ring (bicyclic) bond motifs is 1. The van der Waals surface area contributed by atoms with E-state index in [9.17, 15) is 9.90 Å². The van der Waals surface area contributed by atoms with Gasteiger partial charge in [-0.05, 0) is 29.2 Å². The Balaban J connectivity index is 2.17. The van der Waals surface area contributed by atoms with Gasteiger partial charge in [0.05, 0.1) is 16.8 Å². The van der Waals surface area contributed by atoms with Gasteiger partial charge in [-0.15, -0.1) is 0 Å². The van der Waals surface area contributed by atoms with Crippen LogP contribution in [-0.4, -0.2) is 16.1 Å². The number of halogens is 1. The lowest BCUT2D eigenvalue weighted by Crippen LogP contribution is -2.10. The van der Waals surface area contributed by atoms with Crippen LogP contribution in [0.3, 0.4) is 0 Å². The molecule has 0 aliphatic carbocycles. The highest BCUT2D eigenvalue weighted by atomic mass is 79.9. The molecular weight excluding hydrogens is 366 g/mol. The molecule has 1 heterocycles. The van der Waals surface area contributed by atoms with E-state index in [4.69, 9.17) is 0 Å². The molecule has 0 saturated carbocycles. The van der Waals surface area contributed by atoms with Gasteiger partial charge in [0.1, 0.15) is 0 Å². The standard InChI is InChI=1S/C20H18BrNO2/c1-20(2,3)13-6-4-12(5-7-13)17-11-16(19(23)24)15-9-8-14(21)10-18(15)22-17/h4-11H,1-3H3,(H,23,24). The topological polar surface area (TPSA) is 50.2 Å². The minimum atomic E-state index is -0.947. The molecule has 0 saturated heterocycles. The fraction of sp³-hybridized carbons (Fsp3) is 0.200. The molecular formula is C20H18BrNO2. The normalized spacial score (nSPS) is 11.7. The van der Waals surface area contributed by atoms with Gasteiger partial charge in [0.15, 0.2) is 0 Å². The summed E-state index contributed by atoms with van der Waals surface area (Å²) < 4.78 is 0.874. The second-order valence-electron chi connectivity index (χ2n) is 6.85. The van der Waals surface area contributed by atoms with Crippen LogP contribution in [-0.2, 0) is 5.41 Å². The molecule has 0 aliphatic heterocycles. The molecule has 0 amide bonds. The molecule has 3 aromatic rings. The quantitative estimate of drug-likeness (QED) is 0.620. The van der Waals surface area contributed by atoms with Gasteiger partial charge in [0, 0.05) is 15.4 Å². The van der Waals surface area contributed by atoms with Crippen LogP contribution in [0.25, 0.3) is 22.2 Å². The van der Waals surface area contributed by atoms with Crippen molar-refractivity contribution in [3.05, 3.63) is 64.1 Å².